The summed E-state index contributed by atoms with van der Waals surface area (Å²) in [6.07, 6.45) is 3.64. The van der Waals surface area contributed by atoms with Crippen molar-refractivity contribution in [1.29, 1.82) is 0 Å². The molecule has 3 aliphatic rings. The summed E-state index contributed by atoms with van der Waals surface area (Å²) in [6, 6.07) is 0. The minimum Gasteiger partial charge on any atom is -0.374 e. The lowest BCUT2D eigenvalue weighted by molar-refractivity contribution is -0.139. The number of fused-ring (bicyclic) bond motifs is 1. The molecular formula is C11H16O2S. The fourth-order valence-electron chi connectivity index (χ4n) is 3.28. The molecule has 1 aliphatic carbocycles. The zero-order valence-electron chi connectivity index (χ0n) is 8.33. The molecule has 0 aromatic heterocycles. The number of ether oxygens (including phenoxy) is 1. The first-order valence-corrected chi connectivity index (χ1v) is 6.66. The minimum absolute atomic E-state index is 0.0222. The number of thioether (sulfide) groups is 1. The molecular weight excluding hydrogens is 196 g/mol. The predicted octanol–water partition coefficient (Wildman–Crippen LogP) is 1.88. The molecule has 2 nitrogen and oxygen atoms in total. The summed E-state index contributed by atoms with van der Waals surface area (Å²) in [5.74, 6) is 4.69. The third-order valence-corrected chi connectivity index (χ3v) is 5.24. The van der Waals surface area contributed by atoms with Gasteiger partial charge in [0.25, 0.3) is 0 Å². The van der Waals surface area contributed by atoms with Gasteiger partial charge < -0.3 is 4.74 Å². The Labute approximate surface area is 88.8 Å². The van der Waals surface area contributed by atoms with E-state index in [4.69, 9.17) is 4.74 Å². The Morgan fingerprint density at radius 2 is 2.00 bits per heavy atom. The lowest BCUT2D eigenvalue weighted by atomic mass is 9.90. The van der Waals surface area contributed by atoms with Crippen LogP contribution in [0.4, 0.5) is 0 Å². The first-order chi connectivity index (χ1) is 6.77. The highest BCUT2D eigenvalue weighted by Gasteiger charge is 2.50. The third-order valence-electron chi connectivity index (χ3n) is 3.91. The molecule has 2 atom stereocenters. The van der Waals surface area contributed by atoms with Gasteiger partial charge in [0.15, 0.2) is 0 Å². The van der Waals surface area contributed by atoms with Crippen molar-refractivity contribution in [3.8, 4) is 0 Å². The maximum atomic E-state index is 11.5. The van der Waals surface area contributed by atoms with E-state index in [0.29, 0.717) is 25.2 Å². The quantitative estimate of drug-likeness (QED) is 0.613. The smallest absolute Gasteiger partial charge is 0.138 e. The van der Waals surface area contributed by atoms with Crippen LogP contribution in [0.5, 0.6) is 0 Å². The summed E-state index contributed by atoms with van der Waals surface area (Å²) >= 11 is 2.07. The Bertz CT molecular complexity index is 252. The van der Waals surface area contributed by atoms with Gasteiger partial charge in [0, 0.05) is 12.8 Å². The Kier molecular flexibility index (Phi) is 2.13. The molecule has 0 radical (unpaired) electrons. The summed E-state index contributed by atoms with van der Waals surface area (Å²) in [5.41, 5.74) is -0.0222. The van der Waals surface area contributed by atoms with Gasteiger partial charge in [0.05, 0.1) is 12.2 Å². The zero-order valence-corrected chi connectivity index (χ0v) is 9.15. The van der Waals surface area contributed by atoms with E-state index in [1.807, 2.05) is 0 Å². The SMILES string of the molecule is O=C1CCOC2(C1)CC1CSCC1C2. The molecule has 2 aliphatic heterocycles. The summed E-state index contributed by atoms with van der Waals surface area (Å²) in [5, 5.41) is 0. The molecule has 0 aromatic carbocycles. The van der Waals surface area contributed by atoms with E-state index in [0.717, 1.165) is 24.7 Å². The van der Waals surface area contributed by atoms with Crippen molar-refractivity contribution in [2.75, 3.05) is 18.1 Å². The van der Waals surface area contributed by atoms with E-state index in [9.17, 15) is 4.79 Å². The highest BCUT2D eigenvalue weighted by molar-refractivity contribution is 7.99. The molecule has 1 spiro atoms. The predicted molar refractivity (Wildman–Crippen MR) is 56.5 cm³/mol. The number of ketones is 1. The lowest BCUT2D eigenvalue weighted by Crippen LogP contribution is -2.38. The average Bonchev–Trinajstić information content (AvgIpc) is 2.62. The van der Waals surface area contributed by atoms with E-state index in [1.54, 1.807) is 0 Å². The fraction of sp³-hybridized carbons (Fsp3) is 0.909. The highest BCUT2D eigenvalue weighted by atomic mass is 32.2. The standard InChI is InChI=1S/C11H16O2S/c12-10-1-2-13-11(5-10)3-8-6-14-7-9(8)4-11/h8-9H,1-7H2. The van der Waals surface area contributed by atoms with Crippen molar-refractivity contribution in [2.24, 2.45) is 11.8 Å². The van der Waals surface area contributed by atoms with Crippen molar-refractivity contribution < 1.29 is 9.53 Å². The van der Waals surface area contributed by atoms with Crippen molar-refractivity contribution in [3.05, 3.63) is 0 Å². The van der Waals surface area contributed by atoms with E-state index in [1.165, 1.54) is 11.5 Å². The van der Waals surface area contributed by atoms with Crippen LogP contribution in [0.2, 0.25) is 0 Å². The van der Waals surface area contributed by atoms with E-state index < -0.39 is 0 Å². The van der Waals surface area contributed by atoms with E-state index in [-0.39, 0.29) is 5.60 Å². The van der Waals surface area contributed by atoms with Gasteiger partial charge in [-0.25, -0.2) is 0 Å². The number of hydrogen-bond acceptors (Lipinski definition) is 3. The van der Waals surface area contributed by atoms with Gasteiger partial charge in [-0.15, -0.1) is 0 Å². The molecule has 2 saturated heterocycles. The van der Waals surface area contributed by atoms with Gasteiger partial charge in [0.1, 0.15) is 5.78 Å². The maximum absolute atomic E-state index is 11.5. The first-order valence-electron chi connectivity index (χ1n) is 5.51. The Morgan fingerprint density at radius 3 is 2.64 bits per heavy atom. The third kappa shape index (κ3) is 1.41. The second-order valence-corrected chi connectivity index (χ2v) is 6.04. The second kappa shape index (κ2) is 3.24. The number of carbonyl (C=O) groups is 1. The molecule has 2 heterocycles. The topological polar surface area (TPSA) is 26.3 Å². The van der Waals surface area contributed by atoms with Gasteiger partial charge in [-0.1, -0.05) is 0 Å². The van der Waals surface area contributed by atoms with Gasteiger partial charge in [-0.3, -0.25) is 4.79 Å². The number of Topliss-reactive ketones (excluding diaryl/α,β-unsaturated/α-hetero) is 1. The van der Waals surface area contributed by atoms with Gasteiger partial charge in [-0.05, 0) is 36.2 Å². The molecule has 0 N–H and O–H groups in total. The maximum Gasteiger partial charge on any atom is 0.138 e. The van der Waals surface area contributed by atoms with Crippen LogP contribution in [-0.2, 0) is 9.53 Å². The van der Waals surface area contributed by atoms with E-state index in [2.05, 4.69) is 11.8 Å². The molecule has 14 heavy (non-hydrogen) atoms. The molecule has 3 heteroatoms. The van der Waals surface area contributed by atoms with Gasteiger partial charge >= 0.3 is 0 Å². The van der Waals surface area contributed by atoms with Crippen LogP contribution in [0.1, 0.15) is 25.7 Å². The van der Waals surface area contributed by atoms with Gasteiger partial charge in [0.2, 0.25) is 0 Å². The molecule has 2 unspecified atom stereocenters. The summed E-state index contributed by atoms with van der Waals surface area (Å²) in [6.45, 7) is 0.672. The van der Waals surface area contributed by atoms with E-state index >= 15 is 0 Å². The lowest BCUT2D eigenvalue weighted by Gasteiger charge is -2.33. The Balaban J connectivity index is 1.76. The molecule has 0 amide bonds. The second-order valence-electron chi connectivity index (χ2n) is 4.96. The zero-order chi connectivity index (χ0) is 9.60. The number of hydrogen-bond donors (Lipinski definition) is 0. The number of rotatable bonds is 0. The monoisotopic (exact) mass is 212 g/mol. The van der Waals surface area contributed by atoms with Gasteiger partial charge in [-0.2, -0.15) is 11.8 Å². The largest absolute Gasteiger partial charge is 0.374 e. The first kappa shape index (κ1) is 9.22. The van der Waals surface area contributed by atoms with Crippen molar-refractivity contribution in [3.63, 3.8) is 0 Å². The van der Waals surface area contributed by atoms with Crippen LogP contribution in [0.3, 0.4) is 0 Å². The van der Waals surface area contributed by atoms with Crippen LogP contribution < -0.4 is 0 Å². The van der Waals surface area contributed by atoms with Crippen LogP contribution in [0.15, 0.2) is 0 Å². The van der Waals surface area contributed by atoms with Crippen molar-refractivity contribution in [1.82, 2.24) is 0 Å². The molecule has 3 fully saturated rings. The molecule has 1 saturated carbocycles. The summed E-state index contributed by atoms with van der Waals surface area (Å²) in [7, 11) is 0. The molecule has 0 aromatic rings. The van der Waals surface area contributed by atoms with Crippen LogP contribution in [-0.4, -0.2) is 29.5 Å². The Hall–Kier alpha value is -0.0200. The Morgan fingerprint density at radius 1 is 1.29 bits per heavy atom. The number of carbonyl (C=O) groups excluding carboxylic acids is 1. The summed E-state index contributed by atoms with van der Waals surface area (Å²) < 4.78 is 5.90. The molecule has 0 bridgehead atoms. The molecule has 78 valence electrons. The van der Waals surface area contributed by atoms with Crippen LogP contribution in [0, 0.1) is 11.8 Å². The average molecular weight is 212 g/mol. The normalized spacial score (nSPS) is 47.3. The fourth-order valence-corrected chi connectivity index (χ4v) is 4.80. The highest BCUT2D eigenvalue weighted by Crippen LogP contribution is 2.50. The molecule has 3 rings (SSSR count). The van der Waals surface area contributed by atoms with Crippen LogP contribution in [0.25, 0.3) is 0 Å². The van der Waals surface area contributed by atoms with Crippen LogP contribution >= 0.6 is 11.8 Å². The summed E-state index contributed by atoms with van der Waals surface area (Å²) in [4.78, 5) is 11.5. The van der Waals surface area contributed by atoms with Crippen molar-refractivity contribution >= 4 is 17.5 Å². The minimum atomic E-state index is -0.0222. The van der Waals surface area contributed by atoms with Crippen molar-refractivity contribution in [2.45, 2.75) is 31.3 Å².